The van der Waals surface area contributed by atoms with Crippen molar-refractivity contribution in [3.8, 4) is 0 Å². The molecular formula is C12H12N2O3S2. The van der Waals surface area contributed by atoms with Gasteiger partial charge in [-0.1, -0.05) is 6.08 Å². The van der Waals surface area contributed by atoms with Crippen molar-refractivity contribution in [3.05, 3.63) is 22.7 Å². The number of thiazole rings is 1. The zero-order valence-corrected chi connectivity index (χ0v) is 11.6. The maximum Gasteiger partial charge on any atom is 0.316 e. The van der Waals surface area contributed by atoms with Crippen LogP contribution in [0.5, 0.6) is 0 Å². The number of hydrogen-bond donors (Lipinski definition) is 1. The number of carboxylic acids is 1. The van der Waals surface area contributed by atoms with Crippen LogP contribution in [0, 0.1) is 5.41 Å². The number of thioether (sulfide) groups is 1. The normalized spacial score (nSPS) is 30.2. The Balaban J connectivity index is 1.83. The summed E-state index contributed by atoms with van der Waals surface area (Å²) in [6.45, 7) is 0.265. The van der Waals surface area contributed by atoms with Crippen molar-refractivity contribution in [1.29, 1.82) is 0 Å². The monoisotopic (exact) mass is 296 g/mol. The Labute approximate surface area is 118 Å². The molecule has 1 amide bonds. The number of hydrogen-bond acceptors (Lipinski definition) is 5. The third-order valence-corrected chi connectivity index (χ3v) is 5.65. The zero-order chi connectivity index (χ0) is 13.5. The van der Waals surface area contributed by atoms with Crippen LogP contribution in [0.1, 0.15) is 11.4 Å². The lowest BCUT2D eigenvalue weighted by molar-refractivity contribution is -0.152. The average Bonchev–Trinajstić information content (AvgIpc) is 2.89. The van der Waals surface area contributed by atoms with Gasteiger partial charge in [0.25, 0.3) is 0 Å². The minimum absolute atomic E-state index is 0.0467. The Morgan fingerprint density at radius 3 is 3.11 bits per heavy atom. The number of carbonyl (C=O) groups is 2. The Hall–Kier alpha value is -1.34. The number of aromatic nitrogens is 1. The van der Waals surface area contributed by atoms with Gasteiger partial charge in [-0.05, 0) is 6.08 Å². The number of carboxylic acid groups (broad SMARTS) is 1. The molecule has 0 radical (unpaired) electrons. The smallest absolute Gasteiger partial charge is 0.316 e. The molecule has 2 saturated heterocycles. The predicted molar refractivity (Wildman–Crippen MR) is 73.8 cm³/mol. The molecule has 2 aliphatic rings. The summed E-state index contributed by atoms with van der Waals surface area (Å²) in [5.74, 6) is -0.338. The molecule has 1 aromatic rings. The molecule has 0 aromatic carbocycles. The molecule has 19 heavy (non-hydrogen) atoms. The molecule has 2 atom stereocenters. The number of carbonyl (C=O) groups excluding carboxylic acids is 1. The molecule has 5 nitrogen and oxygen atoms in total. The quantitative estimate of drug-likeness (QED) is 0.857. The van der Waals surface area contributed by atoms with Crippen LogP contribution < -0.4 is 0 Å². The maximum atomic E-state index is 11.6. The van der Waals surface area contributed by atoms with E-state index in [-0.39, 0.29) is 17.8 Å². The number of nitrogens with zero attached hydrogens (tertiary/aromatic N) is 2. The highest BCUT2D eigenvalue weighted by Crippen LogP contribution is 2.42. The van der Waals surface area contributed by atoms with Crippen LogP contribution in [0.2, 0.25) is 0 Å². The zero-order valence-electron chi connectivity index (χ0n) is 9.98. The summed E-state index contributed by atoms with van der Waals surface area (Å²) in [6, 6.07) is 0. The number of amides is 1. The van der Waals surface area contributed by atoms with E-state index in [9.17, 15) is 14.7 Å². The summed E-state index contributed by atoms with van der Waals surface area (Å²) in [7, 11) is 0. The number of rotatable bonds is 3. The molecule has 2 fully saturated rings. The van der Waals surface area contributed by atoms with Crippen molar-refractivity contribution in [2.45, 2.75) is 11.8 Å². The molecular weight excluding hydrogens is 284 g/mol. The first-order valence-corrected chi connectivity index (χ1v) is 7.77. The van der Waals surface area contributed by atoms with Crippen molar-refractivity contribution in [3.63, 3.8) is 0 Å². The summed E-state index contributed by atoms with van der Waals surface area (Å²) in [6.07, 6.45) is 5.64. The maximum absolute atomic E-state index is 11.6. The van der Waals surface area contributed by atoms with Crippen LogP contribution in [0.15, 0.2) is 17.7 Å². The van der Waals surface area contributed by atoms with E-state index in [1.807, 2.05) is 5.38 Å². The van der Waals surface area contributed by atoms with Gasteiger partial charge in [-0.25, -0.2) is 4.98 Å². The van der Waals surface area contributed by atoms with Crippen molar-refractivity contribution in [1.82, 2.24) is 9.88 Å². The SMILES string of the molecule is O=C1C[C@H]2SCC(C=Cc3nccs3)(C(=O)O)CN12. The number of fused-ring (bicyclic) bond motifs is 1. The molecule has 0 spiro atoms. The van der Waals surface area contributed by atoms with Crippen molar-refractivity contribution < 1.29 is 14.7 Å². The number of aliphatic carboxylic acids is 1. The van der Waals surface area contributed by atoms with Crippen LogP contribution in [-0.4, -0.2) is 44.5 Å². The van der Waals surface area contributed by atoms with E-state index >= 15 is 0 Å². The van der Waals surface area contributed by atoms with E-state index < -0.39 is 11.4 Å². The summed E-state index contributed by atoms with van der Waals surface area (Å²) < 4.78 is 0. The van der Waals surface area contributed by atoms with E-state index in [1.54, 1.807) is 35.0 Å². The third kappa shape index (κ3) is 2.17. The van der Waals surface area contributed by atoms with Crippen LogP contribution in [0.3, 0.4) is 0 Å². The van der Waals surface area contributed by atoms with Crippen LogP contribution in [0.4, 0.5) is 0 Å². The lowest BCUT2D eigenvalue weighted by Crippen LogP contribution is -2.60. The second-order valence-corrected chi connectivity index (χ2v) is 6.75. The van der Waals surface area contributed by atoms with Crippen LogP contribution >= 0.6 is 23.1 Å². The average molecular weight is 296 g/mol. The fraction of sp³-hybridized carbons (Fsp3) is 0.417. The molecule has 0 bridgehead atoms. The van der Waals surface area contributed by atoms with E-state index in [2.05, 4.69) is 4.98 Å². The van der Waals surface area contributed by atoms with Gasteiger partial charge in [0.15, 0.2) is 0 Å². The Morgan fingerprint density at radius 1 is 1.63 bits per heavy atom. The van der Waals surface area contributed by atoms with E-state index in [0.29, 0.717) is 12.2 Å². The first-order chi connectivity index (χ1) is 9.11. The van der Waals surface area contributed by atoms with Gasteiger partial charge in [-0.3, -0.25) is 9.59 Å². The van der Waals surface area contributed by atoms with Gasteiger partial charge in [0, 0.05) is 23.9 Å². The largest absolute Gasteiger partial charge is 0.481 e. The first kappa shape index (κ1) is 12.7. The summed E-state index contributed by atoms with van der Waals surface area (Å²) >= 11 is 3.00. The van der Waals surface area contributed by atoms with Crippen molar-refractivity contribution >= 4 is 41.1 Å². The van der Waals surface area contributed by atoms with E-state index in [0.717, 1.165) is 5.01 Å². The van der Waals surface area contributed by atoms with Crippen LogP contribution in [0.25, 0.3) is 6.08 Å². The minimum atomic E-state index is -0.997. The van der Waals surface area contributed by atoms with Gasteiger partial charge in [-0.15, -0.1) is 23.1 Å². The standard InChI is InChI=1S/C12H12N2O3S2/c15-9-5-10-14(9)6-12(7-19-10,11(16)17)2-1-8-13-3-4-18-8/h1-4,10H,5-7H2,(H,16,17)/t10-,12?/m1/s1. The van der Waals surface area contributed by atoms with Gasteiger partial charge in [0.1, 0.15) is 10.4 Å². The highest BCUT2D eigenvalue weighted by molar-refractivity contribution is 8.00. The third-order valence-electron chi connectivity index (χ3n) is 3.43. The van der Waals surface area contributed by atoms with Crippen molar-refractivity contribution in [2.75, 3.05) is 12.3 Å². The van der Waals surface area contributed by atoms with Crippen LogP contribution in [-0.2, 0) is 9.59 Å². The molecule has 7 heteroatoms. The summed E-state index contributed by atoms with van der Waals surface area (Å²) in [5, 5.41) is 12.3. The second-order valence-electron chi connectivity index (χ2n) is 4.66. The van der Waals surface area contributed by atoms with Gasteiger partial charge in [0.05, 0.1) is 11.8 Å². The van der Waals surface area contributed by atoms with Gasteiger partial charge in [0.2, 0.25) is 5.91 Å². The Kier molecular flexibility index (Phi) is 3.10. The van der Waals surface area contributed by atoms with Gasteiger partial charge < -0.3 is 10.0 Å². The molecule has 1 aromatic heterocycles. The summed E-state index contributed by atoms with van der Waals surface area (Å²) in [5.41, 5.74) is -0.997. The minimum Gasteiger partial charge on any atom is -0.481 e. The summed E-state index contributed by atoms with van der Waals surface area (Å²) in [4.78, 5) is 28.9. The lowest BCUT2D eigenvalue weighted by atomic mass is 9.87. The van der Waals surface area contributed by atoms with Gasteiger partial charge >= 0.3 is 5.97 Å². The Bertz CT molecular complexity index is 543. The molecule has 3 heterocycles. The van der Waals surface area contributed by atoms with Crippen molar-refractivity contribution in [2.24, 2.45) is 5.41 Å². The highest BCUT2D eigenvalue weighted by atomic mass is 32.2. The predicted octanol–water partition coefficient (Wildman–Crippen LogP) is 1.53. The molecule has 1 unspecified atom stereocenters. The molecule has 1 N–H and O–H groups in total. The Morgan fingerprint density at radius 2 is 2.47 bits per heavy atom. The lowest BCUT2D eigenvalue weighted by Gasteiger charge is -2.48. The molecule has 0 saturated carbocycles. The van der Waals surface area contributed by atoms with E-state index in [4.69, 9.17) is 0 Å². The number of β-lactam (4-membered cyclic amide) rings is 1. The fourth-order valence-electron chi connectivity index (χ4n) is 2.21. The molecule has 3 rings (SSSR count). The second kappa shape index (κ2) is 4.64. The first-order valence-electron chi connectivity index (χ1n) is 5.84. The van der Waals surface area contributed by atoms with Gasteiger partial charge in [-0.2, -0.15) is 0 Å². The topological polar surface area (TPSA) is 70.5 Å². The van der Waals surface area contributed by atoms with E-state index in [1.165, 1.54) is 11.3 Å². The molecule has 2 aliphatic heterocycles. The molecule has 0 aliphatic carbocycles. The molecule has 100 valence electrons. The fourth-order valence-corrected chi connectivity index (χ4v) is 4.17. The highest BCUT2D eigenvalue weighted by Gasteiger charge is 2.50.